The first kappa shape index (κ1) is 13.0. The maximum Gasteiger partial charge on any atom is 0.0499 e. The molecule has 0 fully saturated rings. The van der Waals surface area contributed by atoms with Crippen molar-refractivity contribution in [3.05, 3.63) is 39.8 Å². The Hall–Kier alpha value is -0.0900. The van der Waals surface area contributed by atoms with Crippen molar-refractivity contribution in [1.29, 1.82) is 0 Å². The molecule has 83 valence electrons. The van der Waals surface area contributed by atoms with Crippen molar-refractivity contribution in [3.63, 3.8) is 0 Å². The predicted octanol–water partition coefficient (Wildman–Crippen LogP) is 3.54. The molecule has 0 heterocycles. The van der Waals surface area contributed by atoms with Gasteiger partial charge in [-0.1, -0.05) is 19.4 Å². The molecule has 0 aliphatic rings. The van der Waals surface area contributed by atoms with Crippen molar-refractivity contribution in [2.45, 2.75) is 32.1 Å². The molecule has 0 amide bonds. The summed E-state index contributed by atoms with van der Waals surface area (Å²) in [6, 6.07) is 6.49. The average Bonchev–Trinajstić information content (AvgIpc) is 2.24. The molecule has 0 spiro atoms. The van der Waals surface area contributed by atoms with Gasteiger partial charge in [0.15, 0.2) is 0 Å². The van der Waals surface area contributed by atoms with Crippen molar-refractivity contribution in [3.8, 4) is 0 Å². The van der Waals surface area contributed by atoms with Crippen molar-refractivity contribution >= 4 is 22.6 Å². The van der Waals surface area contributed by atoms with Gasteiger partial charge in [-0.15, -0.1) is 0 Å². The fourth-order valence-corrected chi connectivity index (χ4v) is 2.30. The van der Waals surface area contributed by atoms with E-state index in [1.165, 1.54) is 22.0 Å². The SMILES string of the molecule is [CH2]C(CO)c1cc(I)cc(CCCC)c1. The Morgan fingerprint density at radius 1 is 1.40 bits per heavy atom. The molecule has 1 aromatic rings. The fraction of sp³-hybridized carbons (Fsp3) is 0.462. The lowest BCUT2D eigenvalue weighted by Gasteiger charge is -2.11. The zero-order valence-corrected chi connectivity index (χ0v) is 11.3. The van der Waals surface area contributed by atoms with Crippen LogP contribution in [0, 0.1) is 10.5 Å². The maximum atomic E-state index is 9.08. The average molecular weight is 317 g/mol. The Labute approximate surface area is 106 Å². The van der Waals surface area contributed by atoms with Crippen molar-refractivity contribution in [1.82, 2.24) is 0 Å². The highest BCUT2D eigenvalue weighted by Crippen LogP contribution is 2.20. The number of aryl methyl sites for hydroxylation is 1. The third-order valence-electron chi connectivity index (χ3n) is 2.49. The van der Waals surface area contributed by atoms with Gasteiger partial charge in [-0.05, 0) is 65.6 Å². The molecule has 15 heavy (non-hydrogen) atoms. The van der Waals surface area contributed by atoms with Crippen LogP contribution in [0.2, 0.25) is 0 Å². The third-order valence-corrected chi connectivity index (χ3v) is 3.11. The fourth-order valence-electron chi connectivity index (χ4n) is 1.54. The van der Waals surface area contributed by atoms with Crippen LogP contribution in [0.1, 0.15) is 36.8 Å². The minimum atomic E-state index is 0.0000857. The highest BCUT2D eigenvalue weighted by atomic mass is 127. The van der Waals surface area contributed by atoms with Gasteiger partial charge in [0.1, 0.15) is 0 Å². The van der Waals surface area contributed by atoms with E-state index in [0.29, 0.717) is 0 Å². The second-order valence-electron chi connectivity index (χ2n) is 3.88. The van der Waals surface area contributed by atoms with Gasteiger partial charge in [0.2, 0.25) is 0 Å². The minimum Gasteiger partial charge on any atom is -0.396 e. The lowest BCUT2D eigenvalue weighted by atomic mass is 9.98. The standard InChI is InChI=1S/C13H18IO/c1-3-4-5-11-6-12(10(2)9-15)8-13(14)7-11/h6-8,10,15H,2-5,9H2,1H3. The summed E-state index contributed by atoms with van der Waals surface area (Å²) in [6.45, 7) is 6.26. The van der Waals surface area contributed by atoms with Crippen LogP contribution >= 0.6 is 22.6 Å². The van der Waals surface area contributed by atoms with Gasteiger partial charge in [-0.3, -0.25) is 0 Å². The molecule has 1 aromatic carbocycles. The normalized spacial score (nSPS) is 12.8. The van der Waals surface area contributed by atoms with Crippen LogP contribution in [0.25, 0.3) is 0 Å². The largest absolute Gasteiger partial charge is 0.396 e. The Balaban J connectivity index is 2.84. The molecule has 1 radical (unpaired) electrons. The van der Waals surface area contributed by atoms with E-state index in [4.69, 9.17) is 5.11 Å². The summed E-state index contributed by atoms with van der Waals surface area (Å²) in [6.07, 6.45) is 3.56. The van der Waals surface area contributed by atoms with E-state index in [0.717, 1.165) is 12.0 Å². The molecule has 1 atom stereocenters. The molecule has 0 saturated carbocycles. The summed E-state index contributed by atoms with van der Waals surface area (Å²) < 4.78 is 1.23. The number of benzene rings is 1. The molecule has 0 aliphatic carbocycles. The van der Waals surface area contributed by atoms with Crippen LogP contribution in [-0.2, 0) is 6.42 Å². The lowest BCUT2D eigenvalue weighted by molar-refractivity contribution is 0.282. The lowest BCUT2D eigenvalue weighted by Crippen LogP contribution is -2.01. The predicted molar refractivity (Wildman–Crippen MR) is 73.0 cm³/mol. The highest BCUT2D eigenvalue weighted by Gasteiger charge is 2.06. The minimum absolute atomic E-state index is 0.0000857. The number of rotatable bonds is 5. The Bertz CT molecular complexity index is 309. The summed E-state index contributed by atoms with van der Waals surface area (Å²) in [5, 5.41) is 9.08. The molecule has 0 bridgehead atoms. The molecule has 1 N–H and O–H groups in total. The molecule has 0 aliphatic heterocycles. The van der Waals surface area contributed by atoms with Crippen molar-refractivity contribution in [2.24, 2.45) is 0 Å². The Morgan fingerprint density at radius 3 is 2.73 bits per heavy atom. The van der Waals surface area contributed by atoms with Gasteiger partial charge in [-0.2, -0.15) is 0 Å². The first-order valence-electron chi connectivity index (χ1n) is 5.40. The molecule has 1 unspecified atom stereocenters. The van der Waals surface area contributed by atoms with Gasteiger partial charge >= 0.3 is 0 Å². The zero-order chi connectivity index (χ0) is 11.3. The van der Waals surface area contributed by atoms with Gasteiger partial charge in [0.25, 0.3) is 0 Å². The molecule has 1 rings (SSSR count). The van der Waals surface area contributed by atoms with E-state index < -0.39 is 0 Å². The third kappa shape index (κ3) is 4.11. The first-order valence-corrected chi connectivity index (χ1v) is 6.48. The number of aliphatic hydroxyl groups is 1. The molecule has 2 heteroatoms. The van der Waals surface area contributed by atoms with E-state index >= 15 is 0 Å². The van der Waals surface area contributed by atoms with E-state index in [1.54, 1.807) is 0 Å². The molecular weight excluding hydrogens is 299 g/mol. The molecule has 0 saturated heterocycles. The summed E-state index contributed by atoms with van der Waals surface area (Å²) in [5.41, 5.74) is 2.51. The quantitative estimate of drug-likeness (QED) is 0.824. The summed E-state index contributed by atoms with van der Waals surface area (Å²) in [5.74, 6) is 0.0000857. The Kier molecular flexibility index (Phi) is 5.61. The Morgan fingerprint density at radius 2 is 2.13 bits per heavy atom. The van der Waals surface area contributed by atoms with Gasteiger partial charge < -0.3 is 5.11 Å². The number of halogens is 1. The monoisotopic (exact) mass is 317 g/mol. The van der Waals surface area contributed by atoms with Crippen LogP contribution in [0.4, 0.5) is 0 Å². The van der Waals surface area contributed by atoms with Crippen molar-refractivity contribution in [2.75, 3.05) is 6.61 Å². The van der Waals surface area contributed by atoms with E-state index in [2.05, 4.69) is 54.6 Å². The molecule has 1 nitrogen and oxygen atoms in total. The van der Waals surface area contributed by atoms with Crippen LogP contribution in [-0.4, -0.2) is 11.7 Å². The molecular formula is C13H18IO. The highest BCUT2D eigenvalue weighted by molar-refractivity contribution is 14.1. The second-order valence-corrected chi connectivity index (χ2v) is 5.12. The van der Waals surface area contributed by atoms with Crippen molar-refractivity contribution < 1.29 is 5.11 Å². The van der Waals surface area contributed by atoms with Gasteiger partial charge in [0.05, 0.1) is 0 Å². The van der Waals surface area contributed by atoms with Crippen LogP contribution in [0.5, 0.6) is 0 Å². The number of hydrogen-bond acceptors (Lipinski definition) is 1. The smallest absolute Gasteiger partial charge is 0.0499 e. The summed E-state index contributed by atoms with van der Waals surface area (Å²) >= 11 is 2.32. The van der Waals surface area contributed by atoms with Crippen LogP contribution < -0.4 is 0 Å². The van der Waals surface area contributed by atoms with Gasteiger partial charge in [0, 0.05) is 16.1 Å². The topological polar surface area (TPSA) is 20.2 Å². The van der Waals surface area contributed by atoms with E-state index in [1.807, 2.05) is 0 Å². The van der Waals surface area contributed by atoms with Gasteiger partial charge in [-0.25, -0.2) is 0 Å². The van der Waals surface area contributed by atoms with Crippen LogP contribution in [0.3, 0.4) is 0 Å². The van der Waals surface area contributed by atoms with Crippen LogP contribution in [0.15, 0.2) is 18.2 Å². The first-order chi connectivity index (χ1) is 7.17. The number of unbranched alkanes of at least 4 members (excludes halogenated alkanes) is 1. The molecule has 0 aromatic heterocycles. The zero-order valence-electron chi connectivity index (χ0n) is 9.17. The number of hydrogen-bond donors (Lipinski definition) is 1. The van der Waals surface area contributed by atoms with E-state index in [9.17, 15) is 0 Å². The summed E-state index contributed by atoms with van der Waals surface area (Å²) in [7, 11) is 0. The number of aliphatic hydroxyl groups excluding tert-OH is 1. The second kappa shape index (κ2) is 6.48. The van der Waals surface area contributed by atoms with E-state index in [-0.39, 0.29) is 12.5 Å². The maximum absolute atomic E-state index is 9.08. The summed E-state index contributed by atoms with van der Waals surface area (Å²) in [4.78, 5) is 0.